The van der Waals surface area contributed by atoms with E-state index in [0.29, 0.717) is 23.0 Å². The summed E-state index contributed by atoms with van der Waals surface area (Å²) in [5.74, 6) is 1.51. The maximum Gasteiger partial charge on any atom is 0.464 e. The van der Waals surface area contributed by atoms with Crippen molar-refractivity contribution in [3.05, 3.63) is 96.1 Å². The van der Waals surface area contributed by atoms with Crippen molar-refractivity contribution < 1.29 is 47.3 Å². The Bertz CT molecular complexity index is 1320. The van der Waals surface area contributed by atoms with E-state index in [4.69, 9.17) is 20.9 Å². The van der Waals surface area contributed by atoms with Gasteiger partial charge in [0.05, 0.1) is 0 Å². The lowest BCUT2D eigenvalue weighted by atomic mass is 10.0. The normalized spacial score (nSPS) is 15.5. The summed E-state index contributed by atoms with van der Waals surface area (Å²) in [5, 5.41) is 1.57. The fraction of sp³-hybridized carbons (Fsp3) is 0.154. The van der Waals surface area contributed by atoms with Gasteiger partial charge in [0, 0.05) is 11.1 Å². The number of rotatable bonds is 6. The molecule has 0 saturated carbocycles. The highest BCUT2D eigenvalue weighted by Crippen LogP contribution is 2.35. The van der Waals surface area contributed by atoms with Gasteiger partial charge < -0.3 is 20.9 Å². The molecule has 0 spiro atoms. The van der Waals surface area contributed by atoms with Crippen molar-refractivity contribution in [1.29, 1.82) is 0 Å². The van der Waals surface area contributed by atoms with Crippen molar-refractivity contribution in [3.8, 4) is 23.0 Å². The third-order valence-electron chi connectivity index (χ3n) is 6.01. The number of hydrogen-bond donors (Lipinski definition) is 4. The monoisotopic (exact) mass is 538 g/mol. The molecule has 12 heteroatoms. The number of ether oxygens (including phenoxy) is 2. The van der Waals surface area contributed by atoms with Gasteiger partial charge in [0.1, 0.15) is 23.0 Å². The van der Waals surface area contributed by atoms with E-state index in [0.717, 1.165) is 10.8 Å². The molecule has 2 unspecified atom stereocenters. The second-order valence-electron chi connectivity index (χ2n) is 8.86. The van der Waals surface area contributed by atoms with Crippen LogP contribution in [0.5, 0.6) is 23.0 Å². The summed E-state index contributed by atoms with van der Waals surface area (Å²) in [4.78, 5) is 0. The second kappa shape index (κ2) is 9.48. The minimum atomic E-state index is -4.71. The van der Waals surface area contributed by atoms with Crippen molar-refractivity contribution >= 4 is 10.8 Å². The quantitative estimate of drug-likeness (QED) is 0.216. The summed E-state index contributed by atoms with van der Waals surface area (Å²) >= 11 is 0. The highest BCUT2D eigenvalue weighted by molar-refractivity contribution is 5.85. The Morgan fingerprint density at radius 3 is 1.05 bits per heavy atom. The lowest BCUT2D eigenvalue weighted by Gasteiger charge is -2.23. The lowest BCUT2D eigenvalue weighted by Crippen LogP contribution is -2.81. The third-order valence-corrected chi connectivity index (χ3v) is 6.01. The number of alkyl halides is 6. The summed E-state index contributed by atoms with van der Waals surface area (Å²) in [5.41, 5.74) is 11.0. The van der Waals surface area contributed by atoms with Crippen molar-refractivity contribution in [2.45, 2.75) is 23.7 Å². The minimum absolute atomic E-state index is 0.202. The zero-order valence-corrected chi connectivity index (χ0v) is 19.7. The van der Waals surface area contributed by atoms with E-state index in [9.17, 15) is 26.3 Å². The molecular weight excluding hydrogens is 514 g/mol. The van der Waals surface area contributed by atoms with Crippen LogP contribution in [0.4, 0.5) is 26.3 Å². The molecule has 6 nitrogen and oxygen atoms in total. The maximum absolute atomic E-state index is 13.1. The minimum Gasteiger partial charge on any atom is -0.457 e. The average Bonchev–Trinajstić information content (AvgIpc) is 2.83. The van der Waals surface area contributed by atoms with Gasteiger partial charge in [-0.05, 0) is 83.6 Å². The van der Waals surface area contributed by atoms with Crippen LogP contribution in [-0.4, -0.2) is 12.4 Å². The molecule has 0 amide bonds. The number of quaternary nitrogens is 2. The van der Waals surface area contributed by atoms with Gasteiger partial charge in [0.25, 0.3) is 11.3 Å². The number of hydrogen-bond acceptors (Lipinski definition) is 4. The molecule has 200 valence electrons. The van der Waals surface area contributed by atoms with Crippen molar-refractivity contribution in [3.63, 3.8) is 0 Å². The van der Waals surface area contributed by atoms with Crippen LogP contribution in [0.25, 0.3) is 10.8 Å². The first kappa shape index (κ1) is 27.2. The molecule has 0 aliphatic carbocycles. The molecular formula is C26H24F6N4O2+2. The smallest absolute Gasteiger partial charge is 0.457 e. The summed E-state index contributed by atoms with van der Waals surface area (Å²) in [6, 6.07) is 20.7. The van der Waals surface area contributed by atoms with Crippen LogP contribution in [-0.2, 0) is 11.3 Å². The number of halogens is 6. The molecule has 0 aromatic heterocycles. The van der Waals surface area contributed by atoms with Crippen LogP contribution >= 0.6 is 0 Å². The van der Waals surface area contributed by atoms with Crippen molar-refractivity contribution in [2.75, 3.05) is 0 Å². The van der Waals surface area contributed by atoms with Gasteiger partial charge in [-0.2, -0.15) is 26.3 Å². The molecule has 4 aromatic rings. The van der Waals surface area contributed by atoms with E-state index in [2.05, 4.69) is 11.5 Å². The molecule has 0 bridgehead atoms. The van der Waals surface area contributed by atoms with Gasteiger partial charge >= 0.3 is 12.4 Å². The predicted octanol–water partition coefficient (Wildman–Crippen LogP) is 4.26. The van der Waals surface area contributed by atoms with Crippen molar-refractivity contribution in [2.24, 2.45) is 11.5 Å². The van der Waals surface area contributed by atoms with E-state index < -0.39 is 23.7 Å². The Morgan fingerprint density at radius 2 is 0.763 bits per heavy atom. The molecule has 0 fully saturated rings. The number of benzene rings is 4. The van der Waals surface area contributed by atoms with E-state index in [-0.39, 0.29) is 11.1 Å². The van der Waals surface area contributed by atoms with Gasteiger partial charge in [-0.3, -0.25) is 11.5 Å². The summed E-state index contributed by atoms with van der Waals surface area (Å²) in [7, 11) is 0. The van der Waals surface area contributed by atoms with E-state index in [1.807, 2.05) is 0 Å². The van der Waals surface area contributed by atoms with Gasteiger partial charge in [0.2, 0.25) is 0 Å². The Hall–Kier alpha value is -3.84. The zero-order valence-electron chi connectivity index (χ0n) is 19.7. The average molecular weight is 538 g/mol. The van der Waals surface area contributed by atoms with Crippen LogP contribution in [0.2, 0.25) is 0 Å². The Balaban J connectivity index is 1.47. The number of nitrogens with two attached hydrogens (primary N) is 2. The van der Waals surface area contributed by atoms with Crippen molar-refractivity contribution in [1.82, 2.24) is 0 Å². The molecule has 4 rings (SSSR count). The third kappa shape index (κ3) is 5.38. The molecule has 4 aromatic carbocycles. The van der Waals surface area contributed by atoms with E-state index in [1.54, 1.807) is 36.4 Å². The zero-order chi connectivity index (χ0) is 27.9. The Kier molecular flexibility index (Phi) is 6.78. The SMILES string of the molecule is NC([NH3+])(c1ccc(Oc2ccc3cc(Oc4ccc(C(N)([NH3+])C(F)(F)F)cc4)ccc3c2)cc1)C(F)(F)F. The fourth-order valence-electron chi connectivity index (χ4n) is 3.57. The topological polar surface area (TPSA) is 126 Å². The van der Waals surface area contributed by atoms with Gasteiger partial charge in [-0.15, -0.1) is 0 Å². The van der Waals surface area contributed by atoms with Crippen LogP contribution in [0.3, 0.4) is 0 Å². The van der Waals surface area contributed by atoms with Gasteiger partial charge in [0.15, 0.2) is 0 Å². The van der Waals surface area contributed by atoms with Gasteiger partial charge in [-0.25, -0.2) is 0 Å². The largest absolute Gasteiger partial charge is 0.464 e. The van der Waals surface area contributed by atoms with E-state index >= 15 is 0 Å². The highest BCUT2D eigenvalue weighted by atomic mass is 19.4. The summed E-state index contributed by atoms with van der Waals surface area (Å²) < 4.78 is 90.1. The first-order valence-electron chi connectivity index (χ1n) is 11.1. The highest BCUT2D eigenvalue weighted by Gasteiger charge is 2.55. The lowest BCUT2D eigenvalue weighted by molar-refractivity contribution is -0.549. The standard InChI is InChI=1S/C26H22F6N4O2/c27-25(28,29)23(33,34)17-3-9-19(10-4-17)37-21-7-1-15-13-22(8-2-16(15)14-21)38-20-11-5-18(6-12-20)24(35,36)26(30,31)32/h1-14H,33-36H2/p+2. The predicted molar refractivity (Wildman–Crippen MR) is 127 cm³/mol. The molecule has 38 heavy (non-hydrogen) atoms. The molecule has 0 heterocycles. The molecule has 0 aliphatic rings. The Labute approximate surface area is 212 Å². The maximum atomic E-state index is 13.1. The molecule has 2 atom stereocenters. The molecule has 10 N–H and O–H groups in total. The Morgan fingerprint density at radius 1 is 0.474 bits per heavy atom. The molecule has 0 aliphatic heterocycles. The van der Waals surface area contributed by atoms with Crippen LogP contribution < -0.4 is 32.4 Å². The van der Waals surface area contributed by atoms with Crippen LogP contribution in [0.15, 0.2) is 84.9 Å². The summed E-state index contributed by atoms with van der Waals surface area (Å²) in [6.45, 7) is 0. The molecule has 0 saturated heterocycles. The van der Waals surface area contributed by atoms with Crippen LogP contribution in [0, 0.1) is 0 Å². The van der Waals surface area contributed by atoms with Crippen LogP contribution in [0.1, 0.15) is 11.1 Å². The fourth-order valence-corrected chi connectivity index (χ4v) is 3.57. The number of fused-ring (bicyclic) bond motifs is 1. The molecule has 0 radical (unpaired) electrons. The first-order valence-corrected chi connectivity index (χ1v) is 11.1. The second-order valence-corrected chi connectivity index (χ2v) is 8.86. The summed E-state index contributed by atoms with van der Waals surface area (Å²) in [6.07, 6.45) is -9.42. The van der Waals surface area contributed by atoms with Gasteiger partial charge in [-0.1, -0.05) is 12.1 Å². The first-order chi connectivity index (χ1) is 17.6. The van der Waals surface area contributed by atoms with E-state index in [1.165, 1.54) is 48.5 Å².